The van der Waals surface area contributed by atoms with E-state index in [-0.39, 0.29) is 5.97 Å². The maximum atomic E-state index is 11.7. The number of alkyl halides is 1. The zero-order valence-corrected chi connectivity index (χ0v) is 14.0. The van der Waals surface area contributed by atoms with Gasteiger partial charge in [-0.15, -0.1) is 11.6 Å². The first-order valence-electron chi connectivity index (χ1n) is 7.72. The molecule has 2 nitrogen and oxygen atoms in total. The van der Waals surface area contributed by atoms with Crippen LogP contribution in [0, 0.1) is 0 Å². The number of esters is 1. The van der Waals surface area contributed by atoms with Crippen LogP contribution in [0.25, 0.3) is 0 Å². The van der Waals surface area contributed by atoms with Crippen molar-refractivity contribution in [1.82, 2.24) is 0 Å². The van der Waals surface area contributed by atoms with Crippen LogP contribution in [0.4, 0.5) is 0 Å². The third-order valence-electron chi connectivity index (χ3n) is 3.32. The molecule has 0 aliphatic rings. The summed E-state index contributed by atoms with van der Waals surface area (Å²) in [6, 6.07) is 6.84. The van der Waals surface area contributed by atoms with Gasteiger partial charge in [0.1, 0.15) is 0 Å². The summed E-state index contributed by atoms with van der Waals surface area (Å²) < 4.78 is 5.23. The lowest BCUT2D eigenvalue weighted by atomic mass is 10.1. The fraction of sp³-hybridized carbons (Fsp3) is 0.588. The summed E-state index contributed by atoms with van der Waals surface area (Å²) in [6.45, 7) is 0.484. The molecule has 4 heteroatoms. The van der Waals surface area contributed by atoms with E-state index in [1.165, 1.54) is 32.1 Å². The molecule has 0 atom stereocenters. The monoisotopic (exact) mass is 330 g/mol. The minimum absolute atomic E-state index is 0.293. The third-order valence-corrected chi connectivity index (χ3v) is 3.82. The zero-order valence-electron chi connectivity index (χ0n) is 12.5. The molecule has 1 rings (SSSR count). The highest BCUT2D eigenvalue weighted by molar-refractivity contribution is 6.30. The summed E-state index contributed by atoms with van der Waals surface area (Å²) in [4.78, 5) is 11.7. The molecule has 0 saturated heterocycles. The maximum Gasteiger partial charge on any atom is 0.338 e. The molecule has 0 aromatic heterocycles. The molecule has 0 aliphatic heterocycles. The Balaban J connectivity index is 1.98. The van der Waals surface area contributed by atoms with E-state index in [1.807, 2.05) is 0 Å². The van der Waals surface area contributed by atoms with Crippen LogP contribution in [0.1, 0.15) is 61.7 Å². The minimum Gasteiger partial charge on any atom is -0.462 e. The molecule has 0 spiro atoms. The normalized spacial score (nSPS) is 10.6. The Labute approximate surface area is 137 Å². The van der Waals surface area contributed by atoms with Gasteiger partial charge in [-0.25, -0.2) is 4.79 Å². The lowest BCUT2D eigenvalue weighted by molar-refractivity contribution is 0.0497. The largest absolute Gasteiger partial charge is 0.462 e. The van der Waals surface area contributed by atoms with Crippen LogP contribution >= 0.6 is 23.2 Å². The molecular formula is C17H24Cl2O2. The molecule has 0 amide bonds. The summed E-state index contributed by atoms with van der Waals surface area (Å²) in [5, 5.41) is 0.554. The van der Waals surface area contributed by atoms with Gasteiger partial charge < -0.3 is 4.74 Å². The number of carbonyl (C=O) groups excluding carboxylic acids is 1. The van der Waals surface area contributed by atoms with Crippen LogP contribution < -0.4 is 0 Å². The molecule has 1 aromatic carbocycles. The van der Waals surface area contributed by atoms with Gasteiger partial charge in [-0.2, -0.15) is 0 Å². The van der Waals surface area contributed by atoms with Gasteiger partial charge in [0.25, 0.3) is 0 Å². The topological polar surface area (TPSA) is 26.3 Å². The van der Waals surface area contributed by atoms with Gasteiger partial charge in [-0.1, -0.05) is 56.2 Å². The quantitative estimate of drug-likeness (QED) is 0.288. The second-order valence-corrected chi connectivity index (χ2v) is 5.98. The van der Waals surface area contributed by atoms with E-state index < -0.39 is 0 Å². The van der Waals surface area contributed by atoms with Crippen molar-refractivity contribution in [3.8, 4) is 0 Å². The maximum absolute atomic E-state index is 11.7. The number of benzene rings is 1. The first-order valence-corrected chi connectivity index (χ1v) is 8.64. The van der Waals surface area contributed by atoms with E-state index in [9.17, 15) is 4.79 Å². The number of carbonyl (C=O) groups is 1. The number of unbranched alkanes of at least 4 members (excludes halogenated alkanes) is 7. The van der Waals surface area contributed by atoms with Gasteiger partial charge in [-0.3, -0.25) is 0 Å². The second-order valence-electron chi connectivity index (χ2n) is 5.16. The summed E-state index contributed by atoms with van der Waals surface area (Å²) in [5.74, 6) is 0.483. The Morgan fingerprint density at radius 2 is 1.57 bits per heavy atom. The Morgan fingerprint density at radius 3 is 2.19 bits per heavy atom. The number of ether oxygens (including phenoxy) is 1. The summed E-state index contributed by atoms with van der Waals surface area (Å²) in [7, 11) is 0. The SMILES string of the molecule is O=C(OCCCCCCCCCCCl)c1cccc(Cl)c1. The van der Waals surface area contributed by atoms with E-state index in [4.69, 9.17) is 27.9 Å². The standard InChI is InChI=1S/C17H24Cl2O2/c18-12-7-5-3-1-2-4-6-8-13-21-17(20)15-10-9-11-16(19)14-15/h9-11,14H,1-8,12-13H2. The first kappa shape index (κ1) is 18.3. The van der Waals surface area contributed by atoms with Crippen molar-refractivity contribution in [1.29, 1.82) is 0 Å². The van der Waals surface area contributed by atoms with Gasteiger partial charge in [-0.05, 0) is 31.0 Å². The second kappa shape index (κ2) is 11.9. The summed E-state index contributed by atoms with van der Waals surface area (Å²) >= 11 is 11.5. The fourth-order valence-electron chi connectivity index (χ4n) is 2.12. The van der Waals surface area contributed by atoms with E-state index in [2.05, 4.69) is 0 Å². The van der Waals surface area contributed by atoms with Gasteiger partial charge >= 0.3 is 5.97 Å². The molecule has 0 fully saturated rings. The van der Waals surface area contributed by atoms with Crippen molar-refractivity contribution in [3.05, 3.63) is 34.9 Å². The van der Waals surface area contributed by atoms with Crippen molar-refractivity contribution in [2.45, 2.75) is 51.4 Å². The average Bonchev–Trinajstić information content (AvgIpc) is 2.49. The highest BCUT2D eigenvalue weighted by atomic mass is 35.5. The molecule has 118 valence electrons. The van der Waals surface area contributed by atoms with Gasteiger partial charge in [0, 0.05) is 10.9 Å². The molecule has 21 heavy (non-hydrogen) atoms. The van der Waals surface area contributed by atoms with Crippen LogP contribution in [0.5, 0.6) is 0 Å². The first-order chi connectivity index (χ1) is 10.2. The smallest absolute Gasteiger partial charge is 0.338 e. The Morgan fingerprint density at radius 1 is 0.952 bits per heavy atom. The predicted octanol–water partition coefficient (Wildman–Crippen LogP) is 5.86. The Hall–Kier alpha value is -0.730. The van der Waals surface area contributed by atoms with Crippen molar-refractivity contribution in [2.24, 2.45) is 0 Å². The molecule has 0 heterocycles. The van der Waals surface area contributed by atoms with E-state index in [1.54, 1.807) is 24.3 Å². The van der Waals surface area contributed by atoms with Crippen molar-refractivity contribution >= 4 is 29.2 Å². The molecule has 1 aromatic rings. The molecule has 0 radical (unpaired) electrons. The van der Waals surface area contributed by atoms with Crippen molar-refractivity contribution < 1.29 is 9.53 Å². The lowest BCUT2D eigenvalue weighted by Crippen LogP contribution is -2.06. The van der Waals surface area contributed by atoms with Gasteiger partial charge in [0.05, 0.1) is 12.2 Å². The Kier molecular flexibility index (Phi) is 10.4. The predicted molar refractivity (Wildman–Crippen MR) is 89.4 cm³/mol. The Bertz CT molecular complexity index is 408. The lowest BCUT2D eigenvalue weighted by Gasteiger charge is -2.05. The van der Waals surface area contributed by atoms with Crippen LogP contribution in [0.3, 0.4) is 0 Å². The molecule has 0 saturated carbocycles. The van der Waals surface area contributed by atoms with Crippen molar-refractivity contribution in [3.63, 3.8) is 0 Å². The molecule has 0 bridgehead atoms. The number of halogens is 2. The molecule has 0 aliphatic carbocycles. The average molecular weight is 331 g/mol. The van der Waals surface area contributed by atoms with Crippen LogP contribution in [-0.4, -0.2) is 18.5 Å². The minimum atomic E-state index is -0.293. The molecular weight excluding hydrogens is 307 g/mol. The summed E-state index contributed by atoms with van der Waals surface area (Å²) in [5.41, 5.74) is 0.516. The highest BCUT2D eigenvalue weighted by Crippen LogP contribution is 2.12. The van der Waals surface area contributed by atoms with Gasteiger partial charge in [0.2, 0.25) is 0 Å². The van der Waals surface area contributed by atoms with Crippen LogP contribution in [-0.2, 0) is 4.74 Å². The van der Waals surface area contributed by atoms with Gasteiger partial charge in [0.15, 0.2) is 0 Å². The highest BCUT2D eigenvalue weighted by Gasteiger charge is 2.06. The van der Waals surface area contributed by atoms with E-state index in [0.29, 0.717) is 17.2 Å². The fourth-order valence-corrected chi connectivity index (χ4v) is 2.50. The van der Waals surface area contributed by atoms with E-state index >= 15 is 0 Å². The number of hydrogen-bond donors (Lipinski definition) is 0. The van der Waals surface area contributed by atoms with Crippen molar-refractivity contribution in [2.75, 3.05) is 12.5 Å². The zero-order chi connectivity index (χ0) is 15.3. The summed E-state index contributed by atoms with van der Waals surface area (Å²) in [6.07, 6.45) is 9.41. The van der Waals surface area contributed by atoms with Crippen LogP contribution in [0.2, 0.25) is 5.02 Å². The molecule has 0 unspecified atom stereocenters. The number of hydrogen-bond acceptors (Lipinski definition) is 2. The van der Waals surface area contributed by atoms with Crippen LogP contribution in [0.15, 0.2) is 24.3 Å². The van der Waals surface area contributed by atoms with E-state index in [0.717, 1.165) is 25.1 Å². The third kappa shape index (κ3) is 9.00. The molecule has 0 N–H and O–H groups in total. The number of rotatable bonds is 11.